The summed E-state index contributed by atoms with van der Waals surface area (Å²) in [5.74, 6) is -1.11. The van der Waals surface area contributed by atoms with E-state index in [0.29, 0.717) is 18.1 Å². The van der Waals surface area contributed by atoms with Crippen molar-refractivity contribution in [3.63, 3.8) is 0 Å². The summed E-state index contributed by atoms with van der Waals surface area (Å²) in [6.07, 6.45) is -4.50. The molecule has 0 saturated carbocycles. The summed E-state index contributed by atoms with van der Waals surface area (Å²) >= 11 is 4.05. The number of aromatic nitrogens is 2. The van der Waals surface area contributed by atoms with Gasteiger partial charge in [0.15, 0.2) is 0 Å². The highest BCUT2D eigenvalue weighted by molar-refractivity contribution is 9.10. The molecule has 1 aromatic carbocycles. The normalized spacial score (nSPS) is 11.6. The quantitative estimate of drug-likeness (QED) is 0.921. The van der Waals surface area contributed by atoms with Gasteiger partial charge >= 0.3 is 6.18 Å². The van der Waals surface area contributed by atoms with Crippen molar-refractivity contribution >= 4 is 32.6 Å². The Bertz CT molecular complexity index is 541. The number of alkyl halides is 3. The minimum Gasteiger partial charge on any atom is -0.356 e. The van der Waals surface area contributed by atoms with E-state index in [1.165, 1.54) is 0 Å². The van der Waals surface area contributed by atoms with Gasteiger partial charge in [-0.2, -0.15) is 22.5 Å². The Morgan fingerprint density at radius 3 is 2.61 bits per heavy atom. The van der Waals surface area contributed by atoms with Crippen molar-refractivity contribution in [2.45, 2.75) is 12.7 Å². The first-order chi connectivity index (χ1) is 8.47. The second kappa shape index (κ2) is 5.23. The van der Waals surface area contributed by atoms with Crippen LogP contribution in [-0.4, -0.2) is 9.36 Å². The zero-order valence-electron chi connectivity index (χ0n) is 8.83. The van der Waals surface area contributed by atoms with Crippen molar-refractivity contribution in [3.05, 3.63) is 40.1 Å². The summed E-state index contributed by atoms with van der Waals surface area (Å²) in [5, 5.41) is 2.96. The van der Waals surface area contributed by atoms with E-state index < -0.39 is 12.0 Å². The molecule has 0 atom stereocenters. The van der Waals surface area contributed by atoms with Crippen molar-refractivity contribution in [1.82, 2.24) is 9.36 Å². The summed E-state index contributed by atoms with van der Waals surface area (Å²) in [5.41, 5.74) is 0.932. The standard InChI is InChI=1S/C10H7BrF3N3S/c11-7-4-2-1-3-6(7)5-15-9-16-8(17-18-9)10(12,13)14/h1-4H,5H2,(H,15,16,17). The highest BCUT2D eigenvalue weighted by Gasteiger charge is 2.36. The van der Waals surface area contributed by atoms with Gasteiger partial charge in [-0.3, -0.25) is 0 Å². The molecule has 0 aliphatic heterocycles. The van der Waals surface area contributed by atoms with Crippen LogP contribution in [0, 0.1) is 0 Å². The Morgan fingerprint density at radius 2 is 2.00 bits per heavy atom. The molecule has 1 aromatic heterocycles. The van der Waals surface area contributed by atoms with E-state index in [1.54, 1.807) is 0 Å². The SMILES string of the molecule is FC(F)(F)c1nsc(NCc2ccccc2Br)n1. The Labute approximate surface area is 113 Å². The van der Waals surface area contributed by atoms with Gasteiger partial charge in [-0.15, -0.1) is 0 Å². The molecule has 0 saturated heterocycles. The van der Waals surface area contributed by atoms with E-state index in [9.17, 15) is 13.2 Å². The van der Waals surface area contributed by atoms with Gasteiger partial charge in [0.1, 0.15) is 0 Å². The number of halogens is 4. The average molecular weight is 338 g/mol. The molecular weight excluding hydrogens is 331 g/mol. The Kier molecular flexibility index (Phi) is 3.86. The molecule has 0 fully saturated rings. The van der Waals surface area contributed by atoms with Gasteiger partial charge < -0.3 is 5.32 Å². The predicted octanol–water partition coefficient (Wildman–Crippen LogP) is 3.93. The van der Waals surface area contributed by atoms with Crippen LogP contribution in [0.3, 0.4) is 0 Å². The Morgan fingerprint density at radius 1 is 1.28 bits per heavy atom. The molecule has 2 aromatic rings. The van der Waals surface area contributed by atoms with Crippen LogP contribution in [0.15, 0.2) is 28.7 Å². The zero-order chi connectivity index (χ0) is 13.2. The molecule has 3 nitrogen and oxygen atoms in total. The van der Waals surface area contributed by atoms with Gasteiger partial charge in [0.05, 0.1) is 0 Å². The zero-order valence-corrected chi connectivity index (χ0v) is 11.2. The van der Waals surface area contributed by atoms with Gasteiger partial charge in [-0.1, -0.05) is 34.1 Å². The fraction of sp³-hybridized carbons (Fsp3) is 0.200. The smallest absolute Gasteiger partial charge is 0.356 e. The maximum absolute atomic E-state index is 12.3. The second-order valence-electron chi connectivity index (χ2n) is 3.37. The van der Waals surface area contributed by atoms with Gasteiger partial charge in [0.25, 0.3) is 0 Å². The molecule has 0 spiro atoms. The largest absolute Gasteiger partial charge is 0.452 e. The third-order valence-corrected chi connectivity index (χ3v) is 3.51. The summed E-state index contributed by atoms with van der Waals surface area (Å²) in [4.78, 5) is 3.38. The second-order valence-corrected chi connectivity index (χ2v) is 4.97. The van der Waals surface area contributed by atoms with Crippen LogP contribution in [0.5, 0.6) is 0 Å². The van der Waals surface area contributed by atoms with Crippen LogP contribution in [-0.2, 0) is 12.7 Å². The number of nitrogens with one attached hydrogen (secondary N) is 1. The van der Waals surface area contributed by atoms with Crippen molar-refractivity contribution < 1.29 is 13.2 Å². The lowest BCUT2D eigenvalue weighted by Crippen LogP contribution is -2.07. The molecule has 96 valence electrons. The van der Waals surface area contributed by atoms with Crippen LogP contribution in [0.4, 0.5) is 18.3 Å². The molecule has 18 heavy (non-hydrogen) atoms. The number of rotatable bonds is 3. The van der Waals surface area contributed by atoms with Crippen molar-refractivity contribution in [1.29, 1.82) is 0 Å². The minimum absolute atomic E-state index is 0.151. The number of anilines is 1. The van der Waals surface area contributed by atoms with Gasteiger partial charge in [-0.05, 0) is 11.6 Å². The van der Waals surface area contributed by atoms with Crippen molar-refractivity contribution in [2.24, 2.45) is 0 Å². The number of hydrogen-bond acceptors (Lipinski definition) is 4. The Hall–Kier alpha value is -1.15. The summed E-state index contributed by atoms with van der Waals surface area (Å²) < 4.78 is 41.0. The van der Waals surface area contributed by atoms with E-state index in [2.05, 4.69) is 30.6 Å². The van der Waals surface area contributed by atoms with Crippen LogP contribution in [0.1, 0.15) is 11.4 Å². The van der Waals surface area contributed by atoms with Gasteiger partial charge in [-0.25, -0.2) is 0 Å². The van der Waals surface area contributed by atoms with E-state index in [4.69, 9.17) is 0 Å². The highest BCUT2D eigenvalue weighted by atomic mass is 79.9. The van der Waals surface area contributed by atoms with Crippen LogP contribution < -0.4 is 5.32 Å². The van der Waals surface area contributed by atoms with Crippen LogP contribution in [0.25, 0.3) is 0 Å². The first-order valence-corrected chi connectivity index (χ1v) is 6.41. The molecule has 0 bridgehead atoms. The highest BCUT2D eigenvalue weighted by Crippen LogP contribution is 2.29. The topological polar surface area (TPSA) is 37.8 Å². The monoisotopic (exact) mass is 337 g/mol. The number of hydrogen-bond donors (Lipinski definition) is 1. The lowest BCUT2D eigenvalue weighted by atomic mass is 10.2. The number of benzene rings is 1. The maximum Gasteiger partial charge on any atom is 0.452 e. The summed E-state index contributed by atoms with van der Waals surface area (Å²) in [7, 11) is 0. The van der Waals surface area contributed by atoms with Crippen molar-refractivity contribution in [3.8, 4) is 0 Å². The lowest BCUT2D eigenvalue weighted by Gasteiger charge is -2.04. The average Bonchev–Trinajstić information content (AvgIpc) is 2.76. The molecule has 0 amide bonds. The Balaban J connectivity index is 2.03. The van der Waals surface area contributed by atoms with E-state index >= 15 is 0 Å². The fourth-order valence-corrected chi connectivity index (χ4v) is 2.23. The summed E-state index contributed by atoms with van der Waals surface area (Å²) in [6, 6.07) is 7.43. The maximum atomic E-state index is 12.3. The van der Waals surface area contributed by atoms with Gasteiger partial charge in [0, 0.05) is 22.5 Å². The first kappa shape index (κ1) is 13.3. The first-order valence-electron chi connectivity index (χ1n) is 4.85. The van der Waals surface area contributed by atoms with E-state index in [0.717, 1.165) is 10.0 Å². The molecule has 0 aliphatic rings. The molecule has 0 radical (unpaired) electrons. The molecular formula is C10H7BrF3N3S. The molecule has 1 N–H and O–H groups in total. The fourth-order valence-electron chi connectivity index (χ4n) is 1.22. The third kappa shape index (κ3) is 3.20. The van der Waals surface area contributed by atoms with Crippen LogP contribution in [0.2, 0.25) is 0 Å². The number of nitrogens with zero attached hydrogens (tertiary/aromatic N) is 2. The predicted molar refractivity (Wildman–Crippen MR) is 66.4 cm³/mol. The van der Waals surface area contributed by atoms with Crippen molar-refractivity contribution in [2.75, 3.05) is 5.32 Å². The molecule has 8 heteroatoms. The molecule has 0 aliphatic carbocycles. The molecule has 1 heterocycles. The minimum atomic E-state index is -4.50. The lowest BCUT2D eigenvalue weighted by molar-refractivity contribution is -0.144. The van der Waals surface area contributed by atoms with Gasteiger partial charge in [0.2, 0.25) is 11.0 Å². The molecule has 0 unspecified atom stereocenters. The van der Waals surface area contributed by atoms with Crippen LogP contribution >= 0.6 is 27.5 Å². The van der Waals surface area contributed by atoms with E-state index in [-0.39, 0.29) is 5.13 Å². The summed E-state index contributed by atoms with van der Waals surface area (Å²) in [6.45, 7) is 0.383. The third-order valence-electron chi connectivity index (χ3n) is 2.07. The molecule has 2 rings (SSSR count). The van der Waals surface area contributed by atoms with E-state index in [1.807, 2.05) is 24.3 Å².